The Morgan fingerprint density at radius 2 is 1.95 bits per heavy atom. The van der Waals surface area contributed by atoms with Crippen molar-refractivity contribution in [2.24, 2.45) is 5.73 Å². The van der Waals surface area contributed by atoms with Crippen LogP contribution in [0.4, 0.5) is 0 Å². The normalized spacial score (nSPS) is 10.5. The van der Waals surface area contributed by atoms with Crippen LogP contribution < -0.4 is 10.5 Å². The van der Waals surface area contributed by atoms with Crippen LogP contribution >= 0.6 is 15.9 Å². The number of halogens is 1. The van der Waals surface area contributed by atoms with Gasteiger partial charge in [0.1, 0.15) is 17.3 Å². The van der Waals surface area contributed by atoms with Crippen molar-refractivity contribution in [1.29, 1.82) is 5.41 Å². The van der Waals surface area contributed by atoms with Gasteiger partial charge in [0, 0.05) is 16.1 Å². The van der Waals surface area contributed by atoms with E-state index in [9.17, 15) is 0 Å². The van der Waals surface area contributed by atoms with Gasteiger partial charge in [0.15, 0.2) is 0 Å². The molecule has 0 unspecified atom stereocenters. The smallest absolute Gasteiger partial charge is 0.139 e. The Bertz CT molecular complexity index is 827. The highest BCUT2D eigenvalue weighted by molar-refractivity contribution is 9.10. The molecule has 5 heteroatoms. The number of aromatic nitrogens is 1. The third kappa shape index (κ3) is 2.73. The van der Waals surface area contributed by atoms with Gasteiger partial charge in [0.2, 0.25) is 0 Å². The second kappa shape index (κ2) is 5.54. The highest BCUT2D eigenvalue weighted by atomic mass is 79.9. The zero-order valence-corrected chi connectivity index (χ0v) is 12.6. The first kappa shape index (κ1) is 13.6. The molecule has 4 nitrogen and oxygen atoms in total. The van der Waals surface area contributed by atoms with Crippen molar-refractivity contribution in [2.75, 3.05) is 0 Å². The lowest BCUT2D eigenvalue weighted by Gasteiger charge is -2.12. The number of rotatable bonds is 3. The largest absolute Gasteiger partial charge is 0.456 e. The Kier molecular flexibility index (Phi) is 3.58. The van der Waals surface area contributed by atoms with E-state index in [0.29, 0.717) is 17.1 Å². The topological polar surface area (TPSA) is 72.0 Å². The van der Waals surface area contributed by atoms with Crippen LogP contribution in [0, 0.1) is 5.41 Å². The van der Waals surface area contributed by atoms with E-state index in [1.165, 1.54) is 0 Å². The number of benzene rings is 2. The summed E-state index contributed by atoms with van der Waals surface area (Å²) in [7, 11) is 0. The fourth-order valence-electron chi connectivity index (χ4n) is 2.09. The summed E-state index contributed by atoms with van der Waals surface area (Å²) in [5.41, 5.74) is 7.02. The van der Waals surface area contributed by atoms with Crippen molar-refractivity contribution in [3.63, 3.8) is 0 Å². The summed E-state index contributed by atoms with van der Waals surface area (Å²) in [5.74, 6) is 1.19. The van der Waals surface area contributed by atoms with Gasteiger partial charge in [-0.05, 0) is 42.5 Å². The lowest BCUT2D eigenvalue weighted by molar-refractivity contribution is 0.486. The Morgan fingerprint density at radius 3 is 2.76 bits per heavy atom. The number of nitrogens with two attached hydrogens (primary N) is 1. The minimum Gasteiger partial charge on any atom is -0.456 e. The first-order valence-corrected chi connectivity index (χ1v) is 7.10. The number of nitrogens with zero attached hydrogens (tertiary/aromatic N) is 1. The number of ether oxygens (including phenoxy) is 1. The quantitative estimate of drug-likeness (QED) is 0.557. The van der Waals surface area contributed by atoms with Gasteiger partial charge in [-0.2, -0.15) is 0 Å². The molecular formula is C16H12BrN3O. The van der Waals surface area contributed by atoms with E-state index < -0.39 is 0 Å². The molecule has 3 aromatic rings. The average Bonchev–Trinajstić information content (AvgIpc) is 2.47. The van der Waals surface area contributed by atoms with Crippen LogP contribution in [0.3, 0.4) is 0 Å². The highest BCUT2D eigenvalue weighted by Crippen LogP contribution is 2.32. The van der Waals surface area contributed by atoms with Crippen LogP contribution in [0.25, 0.3) is 10.9 Å². The van der Waals surface area contributed by atoms with Crippen LogP contribution in [0.5, 0.6) is 11.5 Å². The summed E-state index contributed by atoms with van der Waals surface area (Å²) in [6.45, 7) is 0. The molecule has 0 saturated carbocycles. The second-order valence-electron chi connectivity index (χ2n) is 4.48. The lowest BCUT2D eigenvalue weighted by Crippen LogP contribution is -2.12. The molecule has 0 aliphatic heterocycles. The van der Waals surface area contributed by atoms with Gasteiger partial charge < -0.3 is 10.5 Å². The Labute approximate surface area is 130 Å². The molecule has 0 atom stereocenters. The molecule has 21 heavy (non-hydrogen) atoms. The molecular weight excluding hydrogens is 330 g/mol. The molecule has 0 aliphatic carbocycles. The van der Waals surface area contributed by atoms with Crippen LogP contribution in [-0.4, -0.2) is 10.8 Å². The molecule has 0 saturated heterocycles. The third-order valence-corrected chi connectivity index (χ3v) is 3.55. The van der Waals surface area contributed by atoms with E-state index in [-0.39, 0.29) is 5.84 Å². The van der Waals surface area contributed by atoms with E-state index in [4.69, 9.17) is 15.9 Å². The molecule has 1 heterocycles. The molecule has 3 rings (SSSR count). The predicted molar refractivity (Wildman–Crippen MR) is 87.0 cm³/mol. The van der Waals surface area contributed by atoms with E-state index in [2.05, 4.69) is 20.9 Å². The Hall–Kier alpha value is -2.40. The monoisotopic (exact) mass is 341 g/mol. The van der Waals surface area contributed by atoms with Crippen molar-refractivity contribution < 1.29 is 4.74 Å². The molecule has 1 aromatic heterocycles. The minimum absolute atomic E-state index is 0.0316. The standard InChI is InChI=1S/C16H12BrN3O/c17-10-6-7-12(16(18)19)15(9-10)21-14-5-1-4-13-11(14)3-2-8-20-13/h1-9H,(H3,18,19). The minimum atomic E-state index is -0.0316. The van der Waals surface area contributed by atoms with Crippen LogP contribution in [0.15, 0.2) is 59.2 Å². The molecule has 104 valence electrons. The molecule has 0 bridgehead atoms. The summed E-state index contributed by atoms with van der Waals surface area (Å²) >= 11 is 3.40. The Balaban J connectivity index is 2.11. The number of amidine groups is 1. The van der Waals surface area contributed by atoms with E-state index in [1.54, 1.807) is 18.3 Å². The number of nitrogen functional groups attached to an aromatic ring is 1. The summed E-state index contributed by atoms with van der Waals surface area (Å²) in [4.78, 5) is 4.30. The molecule has 0 spiro atoms. The molecule has 2 aromatic carbocycles. The number of pyridine rings is 1. The maximum atomic E-state index is 7.65. The molecule has 0 amide bonds. The fourth-order valence-corrected chi connectivity index (χ4v) is 2.43. The van der Waals surface area contributed by atoms with E-state index in [1.807, 2.05) is 36.4 Å². The van der Waals surface area contributed by atoms with Gasteiger partial charge in [-0.15, -0.1) is 0 Å². The van der Waals surface area contributed by atoms with Crippen molar-refractivity contribution in [3.8, 4) is 11.5 Å². The molecule has 0 aliphatic rings. The van der Waals surface area contributed by atoms with Gasteiger partial charge in [-0.1, -0.05) is 22.0 Å². The van der Waals surface area contributed by atoms with Gasteiger partial charge in [-0.25, -0.2) is 0 Å². The van der Waals surface area contributed by atoms with Crippen molar-refractivity contribution in [3.05, 3.63) is 64.8 Å². The van der Waals surface area contributed by atoms with Gasteiger partial charge >= 0.3 is 0 Å². The van der Waals surface area contributed by atoms with E-state index >= 15 is 0 Å². The highest BCUT2D eigenvalue weighted by Gasteiger charge is 2.10. The zero-order valence-electron chi connectivity index (χ0n) is 11.0. The van der Waals surface area contributed by atoms with Gasteiger partial charge in [-0.3, -0.25) is 10.4 Å². The fraction of sp³-hybridized carbons (Fsp3) is 0. The number of hydrogen-bond donors (Lipinski definition) is 2. The van der Waals surface area contributed by atoms with Crippen molar-refractivity contribution in [2.45, 2.75) is 0 Å². The molecule has 3 N–H and O–H groups in total. The average molecular weight is 342 g/mol. The summed E-state index contributed by atoms with van der Waals surface area (Å²) < 4.78 is 6.84. The summed E-state index contributed by atoms with van der Waals surface area (Å²) in [6.07, 6.45) is 1.74. The summed E-state index contributed by atoms with van der Waals surface area (Å²) in [5, 5.41) is 8.56. The SMILES string of the molecule is N=C(N)c1ccc(Br)cc1Oc1cccc2ncccc12. The predicted octanol–water partition coefficient (Wildman–Crippen LogP) is 4.07. The zero-order chi connectivity index (χ0) is 14.8. The van der Waals surface area contributed by atoms with Crippen LogP contribution in [0.2, 0.25) is 0 Å². The van der Waals surface area contributed by atoms with Gasteiger partial charge in [0.25, 0.3) is 0 Å². The molecule has 0 fully saturated rings. The first-order chi connectivity index (χ1) is 10.1. The second-order valence-corrected chi connectivity index (χ2v) is 5.40. The first-order valence-electron chi connectivity index (χ1n) is 6.31. The van der Waals surface area contributed by atoms with Crippen molar-refractivity contribution in [1.82, 2.24) is 4.98 Å². The number of hydrogen-bond acceptors (Lipinski definition) is 3. The van der Waals surface area contributed by atoms with Crippen LogP contribution in [0.1, 0.15) is 5.56 Å². The number of fused-ring (bicyclic) bond motifs is 1. The van der Waals surface area contributed by atoms with Crippen LogP contribution in [-0.2, 0) is 0 Å². The third-order valence-electron chi connectivity index (χ3n) is 3.06. The maximum absolute atomic E-state index is 7.65. The maximum Gasteiger partial charge on any atom is 0.139 e. The molecule has 0 radical (unpaired) electrons. The Morgan fingerprint density at radius 1 is 1.10 bits per heavy atom. The van der Waals surface area contributed by atoms with Gasteiger partial charge in [0.05, 0.1) is 11.1 Å². The number of nitrogens with one attached hydrogen (secondary N) is 1. The summed E-state index contributed by atoms with van der Waals surface area (Å²) in [6, 6.07) is 14.9. The van der Waals surface area contributed by atoms with E-state index in [0.717, 1.165) is 15.4 Å². The lowest BCUT2D eigenvalue weighted by atomic mass is 10.1. The van der Waals surface area contributed by atoms with Crippen molar-refractivity contribution >= 4 is 32.7 Å².